The topological polar surface area (TPSA) is 80.9 Å². The maximum absolute atomic E-state index is 10.7. The highest BCUT2D eigenvalue weighted by molar-refractivity contribution is 5.86. The smallest absolute Gasteiger partial charge is 0.338 e. The molecule has 1 N–H and O–H groups in total. The van der Waals surface area contributed by atoms with Crippen LogP contribution in [0.5, 0.6) is 0 Å². The Hall–Kier alpha value is -2.24. The predicted octanol–water partition coefficient (Wildman–Crippen LogP) is 1.48. The van der Waals surface area contributed by atoms with Crippen LogP contribution < -0.4 is 0 Å². The summed E-state index contributed by atoms with van der Waals surface area (Å²) in [4.78, 5) is 18.9. The largest absolute Gasteiger partial charge is 0.478 e. The molecule has 0 aliphatic carbocycles. The summed E-state index contributed by atoms with van der Waals surface area (Å²) in [5.41, 5.74) is 1.03. The van der Waals surface area contributed by atoms with Gasteiger partial charge in [-0.05, 0) is 5.92 Å². The van der Waals surface area contributed by atoms with Gasteiger partial charge < -0.3 is 5.11 Å². The number of carboxylic acids is 1. The van der Waals surface area contributed by atoms with Crippen molar-refractivity contribution in [2.24, 2.45) is 0 Å². The SMILES string of the molecule is CC(C)c1cc(-n2cc(C(=O)O)cn2)ncn1. The number of carboxylic acid groups (broad SMARTS) is 1. The summed E-state index contributed by atoms with van der Waals surface area (Å²) >= 11 is 0. The molecule has 0 fully saturated rings. The van der Waals surface area contributed by atoms with Gasteiger partial charge in [0.25, 0.3) is 0 Å². The summed E-state index contributed by atoms with van der Waals surface area (Å²) in [7, 11) is 0. The lowest BCUT2D eigenvalue weighted by Crippen LogP contribution is -2.02. The van der Waals surface area contributed by atoms with E-state index >= 15 is 0 Å². The van der Waals surface area contributed by atoms with E-state index in [0.29, 0.717) is 5.82 Å². The van der Waals surface area contributed by atoms with E-state index in [4.69, 9.17) is 5.11 Å². The normalized spacial score (nSPS) is 10.8. The third-order valence-electron chi connectivity index (χ3n) is 2.33. The van der Waals surface area contributed by atoms with Crippen molar-refractivity contribution in [3.05, 3.63) is 36.0 Å². The number of hydrogen-bond donors (Lipinski definition) is 1. The molecule has 0 radical (unpaired) electrons. The second-order valence-corrected chi connectivity index (χ2v) is 3.93. The van der Waals surface area contributed by atoms with Gasteiger partial charge in [-0.25, -0.2) is 19.4 Å². The fourth-order valence-electron chi connectivity index (χ4n) is 1.36. The molecule has 0 saturated carbocycles. The molecular weight excluding hydrogens is 220 g/mol. The molecule has 88 valence electrons. The van der Waals surface area contributed by atoms with Gasteiger partial charge in [0.1, 0.15) is 6.33 Å². The molecule has 0 unspecified atom stereocenters. The quantitative estimate of drug-likeness (QED) is 0.866. The Morgan fingerprint density at radius 3 is 2.76 bits per heavy atom. The van der Waals surface area contributed by atoms with Gasteiger partial charge in [-0.2, -0.15) is 5.10 Å². The number of rotatable bonds is 3. The van der Waals surface area contributed by atoms with Crippen LogP contribution in [0.15, 0.2) is 24.8 Å². The number of aromatic nitrogens is 4. The molecule has 6 nitrogen and oxygen atoms in total. The number of aromatic carboxylic acids is 1. The van der Waals surface area contributed by atoms with Crippen LogP contribution in [0.25, 0.3) is 5.82 Å². The molecule has 0 aliphatic rings. The first-order valence-electron chi connectivity index (χ1n) is 5.18. The monoisotopic (exact) mass is 232 g/mol. The molecule has 17 heavy (non-hydrogen) atoms. The van der Waals surface area contributed by atoms with E-state index in [2.05, 4.69) is 15.1 Å². The van der Waals surface area contributed by atoms with Gasteiger partial charge in [-0.3, -0.25) is 0 Å². The average molecular weight is 232 g/mol. The van der Waals surface area contributed by atoms with Crippen molar-refractivity contribution < 1.29 is 9.90 Å². The number of hydrogen-bond acceptors (Lipinski definition) is 4. The molecule has 0 saturated heterocycles. The minimum atomic E-state index is -1.01. The van der Waals surface area contributed by atoms with Crippen molar-refractivity contribution >= 4 is 5.97 Å². The second kappa shape index (κ2) is 4.32. The standard InChI is InChI=1S/C11H12N4O2/c1-7(2)9-3-10(13-6-12-9)15-5-8(4-14-15)11(16)17/h3-7H,1-2H3,(H,16,17). The molecule has 0 atom stereocenters. The Balaban J connectivity index is 2.38. The molecule has 0 aliphatic heterocycles. The van der Waals surface area contributed by atoms with Gasteiger partial charge in [0.2, 0.25) is 0 Å². The van der Waals surface area contributed by atoms with E-state index < -0.39 is 5.97 Å². The molecule has 2 aromatic rings. The number of carbonyl (C=O) groups is 1. The second-order valence-electron chi connectivity index (χ2n) is 3.93. The minimum absolute atomic E-state index is 0.134. The van der Waals surface area contributed by atoms with E-state index in [9.17, 15) is 4.79 Å². The molecule has 0 amide bonds. The van der Waals surface area contributed by atoms with Crippen LogP contribution in [0.1, 0.15) is 35.8 Å². The predicted molar refractivity (Wildman–Crippen MR) is 60.2 cm³/mol. The van der Waals surface area contributed by atoms with Gasteiger partial charge in [0.15, 0.2) is 5.82 Å². The summed E-state index contributed by atoms with van der Waals surface area (Å²) in [6.07, 6.45) is 4.17. The van der Waals surface area contributed by atoms with Crippen molar-refractivity contribution in [2.45, 2.75) is 19.8 Å². The summed E-state index contributed by atoms with van der Waals surface area (Å²) in [6, 6.07) is 1.79. The molecule has 2 rings (SSSR count). The average Bonchev–Trinajstić information content (AvgIpc) is 2.78. The van der Waals surface area contributed by atoms with Crippen molar-refractivity contribution in [3.63, 3.8) is 0 Å². The van der Waals surface area contributed by atoms with Crippen LogP contribution in [0, 0.1) is 0 Å². The van der Waals surface area contributed by atoms with E-state index in [1.165, 1.54) is 23.4 Å². The lowest BCUT2D eigenvalue weighted by atomic mass is 10.1. The molecule has 6 heteroatoms. The summed E-state index contributed by atoms with van der Waals surface area (Å²) in [6.45, 7) is 4.05. The van der Waals surface area contributed by atoms with E-state index in [0.717, 1.165) is 5.69 Å². The van der Waals surface area contributed by atoms with Crippen LogP contribution in [-0.2, 0) is 0 Å². The Labute approximate surface area is 98.0 Å². The van der Waals surface area contributed by atoms with E-state index in [1.807, 2.05) is 13.8 Å². The fourth-order valence-corrected chi connectivity index (χ4v) is 1.36. The lowest BCUT2D eigenvalue weighted by molar-refractivity contribution is 0.0697. The maximum atomic E-state index is 10.7. The van der Waals surface area contributed by atoms with Gasteiger partial charge in [0.05, 0.1) is 11.8 Å². The van der Waals surface area contributed by atoms with Gasteiger partial charge in [-0.15, -0.1) is 0 Å². The third-order valence-corrected chi connectivity index (χ3v) is 2.33. The Morgan fingerprint density at radius 1 is 1.41 bits per heavy atom. The van der Waals surface area contributed by atoms with Crippen LogP contribution >= 0.6 is 0 Å². The van der Waals surface area contributed by atoms with Crippen molar-refractivity contribution in [1.82, 2.24) is 19.7 Å². The van der Waals surface area contributed by atoms with E-state index in [-0.39, 0.29) is 11.5 Å². The van der Waals surface area contributed by atoms with Gasteiger partial charge in [0, 0.05) is 18.0 Å². The summed E-state index contributed by atoms with van der Waals surface area (Å²) < 4.78 is 1.43. The zero-order valence-corrected chi connectivity index (χ0v) is 9.53. The number of nitrogens with zero attached hydrogens (tertiary/aromatic N) is 4. The maximum Gasteiger partial charge on any atom is 0.338 e. The van der Waals surface area contributed by atoms with Crippen LogP contribution in [0.4, 0.5) is 0 Å². The highest BCUT2D eigenvalue weighted by Gasteiger charge is 2.09. The van der Waals surface area contributed by atoms with Crippen molar-refractivity contribution in [3.8, 4) is 5.82 Å². The Morgan fingerprint density at radius 2 is 2.18 bits per heavy atom. The third kappa shape index (κ3) is 2.30. The Kier molecular flexibility index (Phi) is 2.86. The zero-order chi connectivity index (χ0) is 12.4. The highest BCUT2D eigenvalue weighted by Crippen LogP contribution is 2.13. The Bertz CT molecular complexity index is 548. The first-order valence-corrected chi connectivity index (χ1v) is 5.18. The van der Waals surface area contributed by atoms with Crippen molar-refractivity contribution in [1.29, 1.82) is 0 Å². The fraction of sp³-hybridized carbons (Fsp3) is 0.273. The molecule has 2 heterocycles. The summed E-state index contributed by atoms with van der Waals surface area (Å²) in [5.74, 6) is -0.156. The molecule has 2 aromatic heterocycles. The van der Waals surface area contributed by atoms with Crippen molar-refractivity contribution in [2.75, 3.05) is 0 Å². The first kappa shape index (κ1) is 11.3. The first-order chi connectivity index (χ1) is 8.08. The molecule has 0 bridgehead atoms. The van der Waals surface area contributed by atoms with Gasteiger partial charge >= 0.3 is 5.97 Å². The van der Waals surface area contributed by atoms with Crippen LogP contribution in [0.2, 0.25) is 0 Å². The summed E-state index contributed by atoms with van der Waals surface area (Å²) in [5, 5.41) is 12.8. The lowest BCUT2D eigenvalue weighted by Gasteiger charge is -2.05. The molecule has 0 spiro atoms. The van der Waals surface area contributed by atoms with Gasteiger partial charge in [-0.1, -0.05) is 13.8 Å². The molecular formula is C11H12N4O2. The molecule has 0 aromatic carbocycles. The van der Waals surface area contributed by atoms with E-state index in [1.54, 1.807) is 6.07 Å². The highest BCUT2D eigenvalue weighted by atomic mass is 16.4. The van der Waals surface area contributed by atoms with Crippen LogP contribution in [-0.4, -0.2) is 30.8 Å². The zero-order valence-electron chi connectivity index (χ0n) is 9.53. The van der Waals surface area contributed by atoms with Crippen LogP contribution in [0.3, 0.4) is 0 Å². The minimum Gasteiger partial charge on any atom is -0.478 e.